The maximum atomic E-state index is 13.6. The highest BCUT2D eigenvalue weighted by molar-refractivity contribution is 5.93. The summed E-state index contributed by atoms with van der Waals surface area (Å²) in [6.07, 6.45) is 2.32. The summed E-state index contributed by atoms with van der Waals surface area (Å²) in [4.78, 5) is 23.1. The number of halogens is 1. The lowest BCUT2D eigenvalue weighted by Crippen LogP contribution is -2.30. The number of carbonyl (C=O) groups excluding carboxylic acids is 1. The molecule has 1 aromatic carbocycles. The molecule has 0 aliphatic heterocycles. The summed E-state index contributed by atoms with van der Waals surface area (Å²) in [6.45, 7) is 0. The fraction of sp³-hybridized carbons (Fsp3) is 0.467. The van der Waals surface area contributed by atoms with Gasteiger partial charge < -0.3 is 15.2 Å². The van der Waals surface area contributed by atoms with Crippen LogP contribution in [0.5, 0.6) is 5.75 Å². The molecular weight excluding hydrogens is 277 g/mol. The van der Waals surface area contributed by atoms with Crippen molar-refractivity contribution in [1.29, 1.82) is 0 Å². The standard InChI is InChI=1S/C15H18FNO4/c1-21-13-6-5-11(8-12(13)16)17-14(18)9-3-2-4-10(7-9)15(19)20/h5-6,8-10H,2-4,7H2,1H3,(H,17,18)(H,19,20). The van der Waals surface area contributed by atoms with E-state index < -0.39 is 17.7 Å². The molecule has 0 heterocycles. The number of hydrogen-bond acceptors (Lipinski definition) is 3. The molecule has 2 rings (SSSR count). The number of anilines is 1. The number of nitrogens with one attached hydrogen (secondary N) is 1. The van der Waals surface area contributed by atoms with Crippen LogP contribution in [-0.2, 0) is 9.59 Å². The maximum Gasteiger partial charge on any atom is 0.306 e. The Morgan fingerprint density at radius 1 is 1.33 bits per heavy atom. The van der Waals surface area contributed by atoms with Crippen LogP contribution in [0.3, 0.4) is 0 Å². The van der Waals surface area contributed by atoms with Gasteiger partial charge in [0.2, 0.25) is 5.91 Å². The molecule has 2 atom stereocenters. The van der Waals surface area contributed by atoms with Crippen LogP contribution in [-0.4, -0.2) is 24.1 Å². The highest BCUT2D eigenvalue weighted by Crippen LogP contribution is 2.30. The summed E-state index contributed by atoms with van der Waals surface area (Å²) in [5.74, 6) is -2.38. The second-order valence-corrected chi connectivity index (χ2v) is 5.24. The Bertz CT molecular complexity index is 546. The van der Waals surface area contributed by atoms with E-state index in [1.54, 1.807) is 6.07 Å². The number of hydrogen-bond donors (Lipinski definition) is 2. The molecule has 1 fully saturated rings. The van der Waals surface area contributed by atoms with E-state index in [4.69, 9.17) is 9.84 Å². The van der Waals surface area contributed by atoms with Crippen LogP contribution in [0.15, 0.2) is 18.2 Å². The van der Waals surface area contributed by atoms with E-state index in [1.807, 2.05) is 0 Å². The molecule has 114 valence electrons. The molecule has 0 spiro atoms. The number of aliphatic carboxylic acids is 1. The van der Waals surface area contributed by atoms with Gasteiger partial charge in [-0.15, -0.1) is 0 Å². The Hall–Kier alpha value is -2.11. The summed E-state index contributed by atoms with van der Waals surface area (Å²) >= 11 is 0. The second-order valence-electron chi connectivity index (χ2n) is 5.24. The average molecular weight is 295 g/mol. The minimum Gasteiger partial charge on any atom is -0.494 e. The molecule has 1 aromatic rings. The SMILES string of the molecule is COc1ccc(NC(=O)C2CCCC(C(=O)O)C2)cc1F. The van der Waals surface area contributed by atoms with Crippen LogP contribution < -0.4 is 10.1 Å². The Kier molecular flexibility index (Phi) is 4.77. The van der Waals surface area contributed by atoms with Gasteiger partial charge in [0.25, 0.3) is 0 Å². The van der Waals surface area contributed by atoms with Gasteiger partial charge in [-0.25, -0.2) is 4.39 Å². The molecule has 0 aromatic heterocycles. The Labute approximate surface area is 122 Å². The lowest BCUT2D eigenvalue weighted by atomic mass is 9.81. The molecule has 5 nitrogen and oxygen atoms in total. The lowest BCUT2D eigenvalue weighted by molar-refractivity contribution is -0.143. The van der Waals surface area contributed by atoms with E-state index in [-0.39, 0.29) is 17.6 Å². The molecule has 1 aliphatic rings. The number of benzene rings is 1. The van der Waals surface area contributed by atoms with E-state index in [1.165, 1.54) is 19.2 Å². The summed E-state index contributed by atoms with van der Waals surface area (Å²) in [7, 11) is 1.37. The van der Waals surface area contributed by atoms with Gasteiger partial charge in [-0.3, -0.25) is 9.59 Å². The fourth-order valence-corrected chi connectivity index (χ4v) is 2.64. The number of carboxylic acids is 1. The van der Waals surface area contributed by atoms with Crippen LogP contribution >= 0.6 is 0 Å². The molecule has 1 aliphatic carbocycles. The van der Waals surface area contributed by atoms with Crippen molar-refractivity contribution in [1.82, 2.24) is 0 Å². The normalized spacial score (nSPS) is 21.6. The smallest absolute Gasteiger partial charge is 0.306 e. The maximum absolute atomic E-state index is 13.6. The first-order valence-corrected chi connectivity index (χ1v) is 6.88. The summed E-state index contributed by atoms with van der Waals surface area (Å²) in [5.41, 5.74) is 0.343. The van der Waals surface area contributed by atoms with Gasteiger partial charge in [0.05, 0.1) is 13.0 Å². The van der Waals surface area contributed by atoms with Crippen molar-refractivity contribution in [2.75, 3.05) is 12.4 Å². The molecule has 0 radical (unpaired) electrons. The molecule has 21 heavy (non-hydrogen) atoms. The summed E-state index contributed by atoms with van der Waals surface area (Å²) < 4.78 is 18.4. The van der Waals surface area contributed by atoms with Gasteiger partial charge in [0.15, 0.2) is 11.6 Å². The number of ether oxygens (including phenoxy) is 1. The molecule has 0 bridgehead atoms. The van der Waals surface area contributed by atoms with Crippen molar-refractivity contribution in [3.63, 3.8) is 0 Å². The highest BCUT2D eigenvalue weighted by Gasteiger charge is 2.31. The third kappa shape index (κ3) is 3.71. The zero-order valence-electron chi connectivity index (χ0n) is 11.8. The van der Waals surface area contributed by atoms with Gasteiger partial charge >= 0.3 is 5.97 Å². The van der Waals surface area contributed by atoms with E-state index in [0.717, 1.165) is 0 Å². The molecule has 1 saturated carbocycles. The highest BCUT2D eigenvalue weighted by atomic mass is 19.1. The van der Waals surface area contributed by atoms with Gasteiger partial charge in [-0.1, -0.05) is 6.42 Å². The fourth-order valence-electron chi connectivity index (χ4n) is 2.64. The molecule has 1 amide bonds. The van der Waals surface area contributed by atoms with Crippen molar-refractivity contribution in [2.24, 2.45) is 11.8 Å². The second kappa shape index (κ2) is 6.56. The number of methoxy groups -OCH3 is 1. The first-order chi connectivity index (χ1) is 10.0. The van der Waals surface area contributed by atoms with Crippen LogP contribution in [0.2, 0.25) is 0 Å². The molecule has 2 N–H and O–H groups in total. The number of rotatable bonds is 4. The minimum absolute atomic E-state index is 0.108. The molecule has 0 saturated heterocycles. The van der Waals surface area contributed by atoms with E-state index in [2.05, 4.69) is 5.32 Å². The quantitative estimate of drug-likeness (QED) is 0.895. The van der Waals surface area contributed by atoms with E-state index >= 15 is 0 Å². The van der Waals surface area contributed by atoms with E-state index in [9.17, 15) is 14.0 Å². The third-order valence-corrected chi connectivity index (χ3v) is 3.81. The number of carboxylic acid groups (broad SMARTS) is 1. The first-order valence-electron chi connectivity index (χ1n) is 6.88. The van der Waals surface area contributed by atoms with Crippen LogP contribution in [0, 0.1) is 17.7 Å². The molecule has 6 heteroatoms. The van der Waals surface area contributed by atoms with Gasteiger partial charge in [0.1, 0.15) is 0 Å². The molecular formula is C15H18FNO4. The van der Waals surface area contributed by atoms with Crippen molar-refractivity contribution < 1.29 is 23.8 Å². The van der Waals surface area contributed by atoms with Crippen LogP contribution in [0.1, 0.15) is 25.7 Å². The van der Waals surface area contributed by atoms with Crippen molar-refractivity contribution in [3.8, 4) is 5.75 Å². The van der Waals surface area contributed by atoms with Gasteiger partial charge in [-0.05, 0) is 31.4 Å². The summed E-state index contributed by atoms with van der Waals surface area (Å²) in [5, 5.41) is 11.7. The van der Waals surface area contributed by atoms with Gasteiger partial charge in [0, 0.05) is 17.7 Å². The minimum atomic E-state index is -0.858. The predicted octanol–water partition coefficient (Wildman–Crippen LogP) is 2.66. The van der Waals surface area contributed by atoms with Crippen molar-refractivity contribution in [3.05, 3.63) is 24.0 Å². The Morgan fingerprint density at radius 2 is 2.05 bits per heavy atom. The van der Waals surface area contributed by atoms with Crippen molar-refractivity contribution >= 4 is 17.6 Å². The van der Waals surface area contributed by atoms with E-state index in [0.29, 0.717) is 31.4 Å². The lowest BCUT2D eigenvalue weighted by Gasteiger charge is -2.25. The van der Waals surface area contributed by atoms with Gasteiger partial charge in [-0.2, -0.15) is 0 Å². The third-order valence-electron chi connectivity index (χ3n) is 3.81. The molecule has 2 unspecified atom stereocenters. The van der Waals surface area contributed by atoms with Crippen molar-refractivity contribution in [2.45, 2.75) is 25.7 Å². The average Bonchev–Trinajstić information content (AvgIpc) is 2.47. The topological polar surface area (TPSA) is 75.6 Å². The first kappa shape index (κ1) is 15.3. The Balaban J connectivity index is 2.00. The zero-order valence-corrected chi connectivity index (χ0v) is 11.8. The Morgan fingerprint density at radius 3 is 2.67 bits per heavy atom. The summed E-state index contributed by atoms with van der Waals surface area (Å²) in [6, 6.07) is 4.18. The number of amides is 1. The predicted molar refractivity (Wildman–Crippen MR) is 74.7 cm³/mol. The largest absolute Gasteiger partial charge is 0.494 e. The van der Waals surface area contributed by atoms with Crippen LogP contribution in [0.25, 0.3) is 0 Å². The zero-order chi connectivity index (χ0) is 15.4. The monoisotopic (exact) mass is 295 g/mol. The van der Waals surface area contributed by atoms with Crippen LogP contribution in [0.4, 0.5) is 10.1 Å². The number of carbonyl (C=O) groups is 2.